The first-order valence-corrected chi connectivity index (χ1v) is 15.0. The Hall–Kier alpha value is -4.20. The van der Waals surface area contributed by atoms with Gasteiger partial charge in [0.1, 0.15) is 17.2 Å². The number of aromatic nitrogens is 1. The fraction of sp³-hybridized carbons (Fsp3) is 0.387. The molecule has 0 bridgehead atoms. The monoisotopic (exact) mass is 659 g/mol. The number of aliphatic carboxylic acids is 1. The van der Waals surface area contributed by atoms with Crippen molar-refractivity contribution in [3.63, 3.8) is 0 Å². The van der Waals surface area contributed by atoms with E-state index in [0.717, 1.165) is 11.3 Å². The molecule has 4 rings (SSSR count). The van der Waals surface area contributed by atoms with Crippen LogP contribution in [0.3, 0.4) is 0 Å². The molecule has 1 aliphatic heterocycles. The zero-order valence-electron chi connectivity index (χ0n) is 25.4. The Labute approximate surface area is 269 Å². The number of nitrogen functional groups attached to an aromatic ring is 1. The first-order valence-electron chi connectivity index (χ1n) is 13.8. The van der Waals surface area contributed by atoms with Crippen LogP contribution in [-0.2, 0) is 30.3 Å². The predicted octanol–water partition coefficient (Wildman–Crippen LogP) is 4.71. The Balaban J connectivity index is 1.84. The number of para-hydroxylation sites is 1. The number of carbonyl (C=O) groups is 4. The molecule has 1 amide bonds. The molecule has 0 spiro atoms. The summed E-state index contributed by atoms with van der Waals surface area (Å²) in [5, 5.41) is 9.62. The van der Waals surface area contributed by atoms with E-state index < -0.39 is 54.1 Å². The lowest BCUT2D eigenvalue weighted by atomic mass is 9.92. The number of carboxylic acid groups (broad SMARTS) is 1. The lowest BCUT2D eigenvalue weighted by Crippen LogP contribution is -2.46. The van der Waals surface area contributed by atoms with Crippen LogP contribution in [0.15, 0.2) is 36.4 Å². The van der Waals surface area contributed by atoms with Gasteiger partial charge in [-0.1, -0.05) is 48.9 Å². The highest BCUT2D eigenvalue weighted by molar-refractivity contribution is 7.17. The summed E-state index contributed by atoms with van der Waals surface area (Å²) in [6.07, 6.45) is -3.16. The number of benzene rings is 2. The third-order valence-corrected chi connectivity index (χ3v) is 8.23. The van der Waals surface area contributed by atoms with Crippen LogP contribution in [0.25, 0.3) is 0 Å². The zero-order valence-corrected chi connectivity index (χ0v) is 27.0. The van der Waals surface area contributed by atoms with Crippen LogP contribution >= 0.6 is 22.9 Å². The maximum atomic E-state index is 14.4. The number of carboxylic acids is 1. The van der Waals surface area contributed by atoms with E-state index in [4.69, 9.17) is 36.3 Å². The van der Waals surface area contributed by atoms with E-state index in [9.17, 15) is 24.3 Å². The van der Waals surface area contributed by atoms with Crippen molar-refractivity contribution in [3.05, 3.63) is 63.2 Å². The summed E-state index contributed by atoms with van der Waals surface area (Å²) in [6, 6.07) is 10.3. The number of ether oxygens (including phenoxy) is 4. The average Bonchev–Trinajstić information content (AvgIpc) is 3.30. The van der Waals surface area contributed by atoms with Crippen LogP contribution in [-0.4, -0.2) is 67.2 Å². The van der Waals surface area contributed by atoms with E-state index in [2.05, 4.69) is 4.98 Å². The lowest BCUT2D eigenvalue weighted by molar-refractivity contribution is -0.144. The number of halogens is 1. The van der Waals surface area contributed by atoms with Crippen molar-refractivity contribution in [3.8, 4) is 11.5 Å². The standard InChI is InChI=1S/C31H34ClN3O9S/c1-16(36)43-15-31(2,3)14-35-21-10-9-17(32)11-19(21)26(18-7-6-8-23(41-4)27(18)42-5)44-24(30(35)40)13-22(37)29-34-20(12-25(38)39)28(33)45-29/h6-11,24,26H,12-15,33H2,1-5H3,(H,38,39)/t24-,26-/m1/s1. The number of Topliss-reactive ketones (excluding diaryl/α,β-unsaturated/α-hetero) is 1. The summed E-state index contributed by atoms with van der Waals surface area (Å²) in [5.41, 5.74) is 6.83. The summed E-state index contributed by atoms with van der Waals surface area (Å²) in [7, 11) is 2.98. The molecule has 45 heavy (non-hydrogen) atoms. The van der Waals surface area contributed by atoms with E-state index in [-0.39, 0.29) is 28.9 Å². The quantitative estimate of drug-likeness (QED) is 0.204. The van der Waals surface area contributed by atoms with Crippen molar-refractivity contribution in [1.29, 1.82) is 0 Å². The fourth-order valence-electron chi connectivity index (χ4n) is 5.01. The van der Waals surface area contributed by atoms with Gasteiger partial charge in [0, 0.05) is 47.1 Å². The van der Waals surface area contributed by atoms with Gasteiger partial charge in [-0.05, 0) is 24.3 Å². The lowest BCUT2D eigenvalue weighted by Gasteiger charge is -2.33. The average molecular weight is 660 g/mol. The van der Waals surface area contributed by atoms with E-state index >= 15 is 0 Å². The van der Waals surface area contributed by atoms with Gasteiger partial charge in [0.15, 0.2) is 22.3 Å². The van der Waals surface area contributed by atoms with Gasteiger partial charge in [-0.25, -0.2) is 4.98 Å². The topological polar surface area (TPSA) is 168 Å². The van der Waals surface area contributed by atoms with Gasteiger partial charge in [0.2, 0.25) is 0 Å². The van der Waals surface area contributed by atoms with Gasteiger partial charge in [-0.15, -0.1) is 0 Å². The third-order valence-electron chi connectivity index (χ3n) is 7.03. The Morgan fingerprint density at radius 2 is 1.89 bits per heavy atom. The van der Waals surface area contributed by atoms with Crippen LogP contribution in [0.1, 0.15) is 59.9 Å². The molecule has 1 aliphatic rings. The highest BCUT2D eigenvalue weighted by Gasteiger charge is 2.41. The van der Waals surface area contributed by atoms with E-state index in [1.54, 1.807) is 36.4 Å². The van der Waals surface area contributed by atoms with Gasteiger partial charge in [-0.2, -0.15) is 0 Å². The van der Waals surface area contributed by atoms with E-state index in [0.29, 0.717) is 33.3 Å². The number of thiazole rings is 1. The molecular formula is C31H34ClN3O9S. The second-order valence-electron chi connectivity index (χ2n) is 11.2. The number of nitrogens with zero attached hydrogens (tertiary/aromatic N) is 2. The zero-order chi connectivity index (χ0) is 33.1. The Bertz CT molecular complexity index is 1620. The largest absolute Gasteiger partial charge is 0.493 e. The Morgan fingerprint density at radius 1 is 1.16 bits per heavy atom. The number of nitrogens with two attached hydrogens (primary N) is 1. The summed E-state index contributed by atoms with van der Waals surface area (Å²) in [5.74, 6) is -1.90. The minimum atomic E-state index is -1.33. The van der Waals surface area contributed by atoms with Crippen molar-refractivity contribution in [2.24, 2.45) is 5.41 Å². The maximum Gasteiger partial charge on any atom is 0.309 e. The molecular weight excluding hydrogens is 626 g/mol. The highest BCUT2D eigenvalue weighted by Crippen LogP contribution is 2.46. The second kappa shape index (κ2) is 13.8. The molecule has 14 heteroatoms. The van der Waals surface area contributed by atoms with Crippen LogP contribution in [0.5, 0.6) is 11.5 Å². The summed E-state index contributed by atoms with van der Waals surface area (Å²) >= 11 is 7.33. The molecule has 0 fully saturated rings. The second-order valence-corrected chi connectivity index (χ2v) is 12.7. The van der Waals surface area contributed by atoms with Gasteiger partial charge in [0.25, 0.3) is 5.91 Å². The van der Waals surface area contributed by atoms with Gasteiger partial charge >= 0.3 is 11.9 Å². The van der Waals surface area contributed by atoms with Crippen LogP contribution in [0, 0.1) is 5.41 Å². The summed E-state index contributed by atoms with van der Waals surface area (Å²) in [6.45, 7) is 5.11. The number of rotatable bonds is 12. The summed E-state index contributed by atoms with van der Waals surface area (Å²) in [4.78, 5) is 56.4. The fourth-order valence-corrected chi connectivity index (χ4v) is 5.98. The van der Waals surface area contributed by atoms with Crippen molar-refractivity contribution in [1.82, 2.24) is 4.98 Å². The maximum absolute atomic E-state index is 14.4. The minimum Gasteiger partial charge on any atom is -0.493 e. The number of hydrogen-bond donors (Lipinski definition) is 2. The molecule has 0 saturated carbocycles. The van der Waals surface area contributed by atoms with Crippen molar-refractivity contribution in [2.45, 2.75) is 45.8 Å². The van der Waals surface area contributed by atoms with E-state index in [1.165, 1.54) is 26.0 Å². The SMILES string of the molecule is COc1cccc([C@H]2O[C@H](CC(=O)c3nc(CC(=O)O)c(N)s3)C(=O)N(CC(C)(C)COC(C)=O)c3ccc(Cl)cc32)c1OC. The van der Waals surface area contributed by atoms with Crippen molar-refractivity contribution < 1.29 is 43.2 Å². The molecule has 0 saturated heterocycles. The molecule has 0 unspecified atom stereocenters. The van der Waals surface area contributed by atoms with E-state index in [1.807, 2.05) is 13.8 Å². The first-order chi connectivity index (χ1) is 21.2. The number of ketones is 1. The molecule has 3 N–H and O–H groups in total. The minimum absolute atomic E-state index is 0.0252. The number of carbonyl (C=O) groups excluding carboxylic acids is 3. The number of amides is 1. The predicted molar refractivity (Wildman–Crippen MR) is 167 cm³/mol. The molecule has 2 heterocycles. The smallest absolute Gasteiger partial charge is 0.309 e. The number of esters is 1. The summed E-state index contributed by atoms with van der Waals surface area (Å²) < 4.78 is 23.0. The normalized spacial score (nSPS) is 16.5. The molecule has 2 aromatic carbocycles. The molecule has 0 aliphatic carbocycles. The Kier molecular flexibility index (Phi) is 10.4. The number of hydrogen-bond acceptors (Lipinski definition) is 11. The van der Waals surface area contributed by atoms with Gasteiger partial charge in [-0.3, -0.25) is 19.2 Å². The van der Waals surface area contributed by atoms with Crippen LogP contribution < -0.4 is 20.1 Å². The highest BCUT2D eigenvalue weighted by atomic mass is 35.5. The third kappa shape index (κ3) is 7.72. The van der Waals surface area contributed by atoms with Crippen molar-refractivity contribution in [2.75, 3.05) is 38.0 Å². The van der Waals surface area contributed by atoms with Gasteiger partial charge < -0.3 is 34.7 Å². The molecule has 240 valence electrons. The van der Waals surface area contributed by atoms with Crippen molar-refractivity contribution >= 4 is 57.3 Å². The van der Waals surface area contributed by atoms with Crippen LogP contribution in [0.2, 0.25) is 5.02 Å². The molecule has 2 atom stereocenters. The first kappa shape index (κ1) is 33.7. The molecule has 1 aromatic heterocycles. The molecule has 12 nitrogen and oxygen atoms in total. The number of fused-ring (bicyclic) bond motifs is 1. The number of methoxy groups -OCH3 is 2. The molecule has 0 radical (unpaired) electrons. The Morgan fingerprint density at radius 3 is 2.53 bits per heavy atom. The number of anilines is 2. The molecule has 3 aromatic rings. The van der Waals surface area contributed by atoms with Crippen LogP contribution in [0.4, 0.5) is 10.7 Å². The van der Waals surface area contributed by atoms with Gasteiger partial charge in [0.05, 0.1) is 32.9 Å².